The van der Waals surface area contributed by atoms with Crippen LogP contribution in [0.5, 0.6) is 0 Å². The van der Waals surface area contributed by atoms with E-state index in [-0.39, 0.29) is 23.7 Å². The number of carbonyl (C=O) groups excluding carboxylic acids is 2. The Morgan fingerprint density at radius 2 is 1.05 bits per heavy atom. The Morgan fingerprint density at radius 1 is 0.700 bits per heavy atom. The highest BCUT2D eigenvalue weighted by atomic mass is 16.2. The fourth-order valence-electron chi connectivity index (χ4n) is 2.67. The average molecular weight is 284 g/mol. The summed E-state index contributed by atoms with van der Waals surface area (Å²) < 4.78 is 0. The van der Waals surface area contributed by atoms with E-state index in [2.05, 4.69) is 13.8 Å². The van der Waals surface area contributed by atoms with Gasteiger partial charge in [0, 0.05) is 11.8 Å². The Bertz CT molecular complexity index is 252. The van der Waals surface area contributed by atoms with Crippen LogP contribution >= 0.6 is 0 Å². The highest BCUT2D eigenvalue weighted by molar-refractivity contribution is 5.85. The van der Waals surface area contributed by atoms with Gasteiger partial charge in [0.25, 0.3) is 0 Å². The Hall–Kier alpha value is -1.06. The van der Waals surface area contributed by atoms with Gasteiger partial charge in [-0.25, -0.2) is 0 Å². The van der Waals surface area contributed by atoms with E-state index in [0.717, 1.165) is 51.4 Å². The zero-order chi connectivity index (χ0) is 15.4. The lowest BCUT2D eigenvalue weighted by Crippen LogP contribution is -2.37. The van der Waals surface area contributed by atoms with Crippen molar-refractivity contribution in [3.8, 4) is 0 Å². The molecule has 0 bridgehead atoms. The van der Waals surface area contributed by atoms with Crippen molar-refractivity contribution < 1.29 is 9.59 Å². The van der Waals surface area contributed by atoms with E-state index in [9.17, 15) is 9.59 Å². The summed E-state index contributed by atoms with van der Waals surface area (Å²) in [6.07, 6.45) is 10.1. The standard InChI is InChI=1S/C16H32N2O2/c1-3-5-7-9-11-13(15(17)19)14(16(18)20)12-10-8-6-4-2/h13-14H,3-12H2,1-2H3,(H2,17,19)(H2,18,20). The number of unbranched alkanes of at least 4 members (excludes halogenated alkanes) is 6. The first-order valence-electron chi connectivity index (χ1n) is 8.13. The molecule has 2 atom stereocenters. The fraction of sp³-hybridized carbons (Fsp3) is 0.875. The van der Waals surface area contributed by atoms with Gasteiger partial charge < -0.3 is 11.5 Å². The Balaban J connectivity index is 4.37. The molecule has 118 valence electrons. The first-order chi connectivity index (χ1) is 9.54. The zero-order valence-electron chi connectivity index (χ0n) is 13.2. The van der Waals surface area contributed by atoms with Crippen molar-refractivity contribution in [3.63, 3.8) is 0 Å². The molecule has 0 spiro atoms. The van der Waals surface area contributed by atoms with Gasteiger partial charge in [0.05, 0.1) is 0 Å². The van der Waals surface area contributed by atoms with E-state index in [1.165, 1.54) is 0 Å². The molecule has 0 aliphatic heterocycles. The molecule has 20 heavy (non-hydrogen) atoms. The van der Waals surface area contributed by atoms with Crippen LogP contribution in [-0.2, 0) is 9.59 Å². The van der Waals surface area contributed by atoms with Crippen LogP contribution in [0.2, 0.25) is 0 Å². The van der Waals surface area contributed by atoms with Crippen LogP contribution in [0.25, 0.3) is 0 Å². The maximum atomic E-state index is 11.6. The maximum absolute atomic E-state index is 11.6. The Kier molecular flexibility index (Phi) is 11.1. The van der Waals surface area contributed by atoms with Gasteiger partial charge in [-0.3, -0.25) is 9.59 Å². The van der Waals surface area contributed by atoms with E-state index in [1.807, 2.05) is 0 Å². The van der Waals surface area contributed by atoms with E-state index in [0.29, 0.717) is 12.8 Å². The average Bonchev–Trinajstić information content (AvgIpc) is 2.39. The van der Waals surface area contributed by atoms with Crippen LogP contribution in [0.1, 0.15) is 78.1 Å². The van der Waals surface area contributed by atoms with E-state index in [4.69, 9.17) is 11.5 Å². The van der Waals surface area contributed by atoms with Crippen LogP contribution in [0.15, 0.2) is 0 Å². The van der Waals surface area contributed by atoms with E-state index in [1.54, 1.807) is 0 Å². The quantitative estimate of drug-likeness (QED) is 0.509. The molecular formula is C16H32N2O2. The molecule has 4 heteroatoms. The molecule has 2 amide bonds. The predicted octanol–water partition coefficient (Wildman–Crippen LogP) is 3.13. The zero-order valence-corrected chi connectivity index (χ0v) is 13.2. The molecule has 0 aromatic carbocycles. The number of nitrogens with two attached hydrogens (primary N) is 2. The van der Waals surface area contributed by atoms with Gasteiger partial charge in [-0.05, 0) is 12.8 Å². The van der Waals surface area contributed by atoms with Gasteiger partial charge in [-0.15, -0.1) is 0 Å². The Labute approximate surface area is 123 Å². The number of primary amides is 2. The summed E-state index contributed by atoms with van der Waals surface area (Å²) in [6.45, 7) is 4.29. The predicted molar refractivity (Wildman–Crippen MR) is 82.9 cm³/mol. The molecule has 0 aromatic rings. The molecule has 0 heterocycles. The van der Waals surface area contributed by atoms with Crippen LogP contribution in [0.4, 0.5) is 0 Å². The number of hydrogen-bond acceptors (Lipinski definition) is 2. The Morgan fingerprint density at radius 3 is 1.30 bits per heavy atom. The minimum atomic E-state index is -0.383. The van der Waals surface area contributed by atoms with Crippen molar-refractivity contribution in [2.75, 3.05) is 0 Å². The van der Waals surface area contributed by atoms with Crippen molar-refractivity contribution in [1.29, 1.82) is 0 Å². The number of rotatable bonds is 13. The molecule has 0 aliphatic carbocycles. The van der Waals surface area contributed by atoms with E-state index >= 15 is 0 Å². The maximum Gasteiger partial charge on any atom is 0.221 e. The topological polar surface area (TPSA) is 86.2 Å². The molecule has 4 nitrogen and oxygen atoms in total. The van der Waals surface area contributed by atoms with Crippen LogP contribution in [0.3, 0.4) is 0 Å². The second kappa shape index (κ2) is 11.7. The first-order valence-corrected chi connectivity index (χ1v) is 8.13. The molecule has 0 fully saturated rings. The second-order valence-corrected chi connectivity index (χ2v) is 5.72. The molecule has 2 unspecified atom stereocenters. The number of carbonyl (C=O) groups is 2. The molecule has 0 saturated heterocycles. The SMILES string of the molecule is CCCCCCC(C(N)=O)C(CCCCCC)C(N)=O. The van der Waals surface area contributed by atoms with Crippen LogP contribution < -0.4 is 11.5 Å². The van der Waals surface area contributed by atoms with Crippen LogP contribution in [-0.4, -0.2) is 11.8 Å². The lowest BCUT2D eigenvalue weighted by atomic mass is 9.83. The minimum Gasteiger partial charge on any atom is -0.369 e. The smallest absolute Gasteiger partial charge is 0.221 e. The van der Waals surface area contributed by atoms with Gasteiger partial charge in [0.2, 0.25) is 11.8 Å². The van der Waals surface area contributed by atoms with Crippen LogP contribution in [0, 0.1) is 11.8 Å². The lowest BCUT2D eigenvalue weighted by molar-refractivity contribution is -0.132. The third-order valence-corrected chi connectivity index (χ3v) is 3.95. The molecule has 0 aliphatic rings. The van der Waals surface area contributed by atoms with Gasteiger partial charge in [-0.2, -0.15) is 0 Å². The number of amides is 2. The largest absolute Gasteiger partial charge is 0.369 e. The monoisotopic (exact) mass is 284 g/mol. The van der Waals surface area contributed by atoms with Crippen molar-refractivity contribution in [3.05, 3.63) is 0 Å². The van der Waals surface area contributed by atoms with Gasteiger partial charge >= 0.3 is 0 Å². The highest BCUT2D eigenvalue weighted by Gasteiger charge is 2.29. The first kappa shape index (κ1) is 18.9. The summed E-state index contributed by atoms with van der Waals surface area (Å²) in [5.41, 5.74) is 10.9. The minimum absolute atomic E-state index is 0.374. The molecule has 0 aromatic heterocycles. The van der Waals surface area contributed by atoms with Gasteiger partial charge in [-0.1, -0.05) is 65.2 Å². The van der Waals surface area contributed by atoms with Crippen molar-refractivity contribution in [2.45, 2.75) is 78.1 Å². The van der Waals surface area contributed by atoms with Gasteiger partial charge in [0.1, 0.15) is 0 Å². The molecule has 0 saturated carbocycles. The molecular weight excluding hydrogens is 252 g/mol. The second-order valence-electron chi connectivity index (χ2n) is 5.72. The summed E-state index contributed by atoms with van der Waals surface area (Å²) in [7, 11) is 0. The van der Waals surface area contributed by atoms with Crippen molar-refractivity contribution in [2.24, 2.45) is 23.3 Å². The molecule has 0 rings (SSSR count). The lowest BCUT2D eigenvalue weighted by Gasteiger charge is -2.22. The molecule has 4 N–H and O–H groups in total. The fourth-order valence-corrected chi connectivity index (χ4v) is 2.67. The molecule has 0 radical (unpaired) electrons. The summed E-state index contributed by atoms with van der Waals surface area (Å²) >= 11 is 0. The third kappa shape index (κ3) is 8.18. The summed E-state index contributed by atoms with van der Waals surface area (Å²) in [6, 6.07) is 0. The third-order valence-electron chi connectivity index (χ3n) is 3.95. The van der Waals surface area contributed by atoms with E-state index < -0.39 is 0 Å². The van der Waals surface area contributed by atoms with Crippen molar-refractivity contribution in [1.82, 2.24) is 0 Å². The van der Waals surface area contributed by atoms with Gasteiger partial charge in [0.15, 0.2) is 0 Å². The van der Waals surface area contributed by atoms with Crippen molar-refractivity contribution >= 4 is 11.8 Å². The normalized spacial score (nSPS) is 13.9. The summed E-state index contributed by atoms with van der Waals surface area (Å²) in [5.74, 6) is -1.52. The number of hydrogen-bond donors (Lipinski definition) is 2. The summed E-state index contributed by atoms with van der Waals surface area (Å²) in [4.78, 5) is 23.2. The highest BCUT2D eigenvalue weighted by Crippen LogP contribution is 2.24. The summed E-state index contributed by atoms with van der Waals surface area (Å²) in [5, 5.41) is 0.